The highest BCUT2D eigenvalue weighted by atomic mass is 16.3. The van der Waals surface area contributed by atoms with Crippen molar-refractivity contribution in [2.24, 2.45) is 0 Å². The third kappa shape index (κ3) is 1.78. The van der Waals surface area contributed by atoms with Gasteiger partial charge in [0.05, 0.1) is 12.6 Å². The van der Waals surface area contributed by atoms with Crippen molar-refractivity contribution in [3.8, 4) is 0 Å². The van der Waals surface area contributed by atoms with Gasteiger partial charge in [0.1, 0.15) is 0 Å². The molecule has 0 spiro atoms. The predicted octanol–water partition coefficient (Wildman–Crippen LogP) is -1.02. The quantitative estimate of drug-likeness (QED) is 0.580. The van der Waals surface area contributed by atoms with Gasteiger partial charge in [0, 0.05) is 6.54 Å². The zero-order valence-corrected chi connectivity index (χ0v) is 8.18. The van der Waals surface area contributed by atoms with E-state index in [-0.39, 0.29) is 30.3 Å². The van der Waals surface area contributed by atoms with Gasteiger partial charge in [0.25, 0.3) is 5.91 Å². The van der Waals surface area contributed by atoms with Crippen LogP contribution in [0.4, 0.5) is 5.95 Å². The molecule has 7 heteroatoms. The minimum Gasteiger partial charge on any atom is -0.394 e. The third-order valence-corrected chi connectivity index (χ3v) is 2.55. The minimum atomic E-state index is -0.254. The van der Waals surface area contributed by atoms with Crippen molar-refractivity contribution < 1.29 is 9.90 Å². The Morgan fingerprint density at radius 3 is 3.13 bits per heavy atom. The van der Waals surface area contributed by atoms with Crippen LogP contribution in [-0.2, 0) is 0 Å². The highest BCUT2D eigenvalue weighted by Gasteiger charge is 2.30. The first kappa shape index (κ1) is 9.91. The molecule has 0 aromatic carbocycles. The molecule has 2 heterocycles. The molecule has 1 fully saturated rings. The van der Waals surface area contributed by atoms with Crippen molar-refractivity contribution in [2.75, 3.05) is 18.9 Å². The molecule has 15 heavy (non-hydrogen) atoms. The van der Waals surface area contributed by atoms with Crippen LogP contribution in [0.3, 0.4) is 0 Å². The number of rotatable bonds is 2. The average molecular weight is 211 g/mol. The minimum absolute atomic E-state index is 0.0185. The van der Waals surface area contributed by atoms with Crippen LogP contribution in [0.15, 0.2) is 0 Å². The summed E-state index contributed by atoms with van der Waals surface area (Å²) in [5.41, 5.74) is 5.31. The van der Waals surface area contributed by atoms with E-state index in [0.717, 1.165) is 12.8 Å². The number of amides is 1. The molecule has 0 aliphatic carbocycles. The summed E-state index contributed by atoms with van der Waals surface area (Å²) >= 11 is 0. The standard InChI is InChI=1S/C8H13N5O2/c9-8-10-6(11-12-8)7(15)13-3-1-2-5(13)4-14/h5,14H,1-4H2,(H3,9,10,11,12)/t5-/m1/s1. The molecule has 1 aromatic rings. The fourth-order valence-corrected chi connectivity index (χ4v) is 1.80. The Balaban J connectivity index is 2.13. The maximum Gasteiger partial charge on any atom is 0.291 e. The maximum atomic E-state index is 11.9. The van der Waals surface area contributed by atoms with Gasteiger partial charge in [-0.25, -0.2) is 0 Å². The molecule has 1 atom stereocenters. The third-order valence-electron chi connectivity index (χ3n) is 2.55. The second-order valence-electron chi connectivity index (χ2n) is 3.52. The Labute approximate surface area is 86.3 Å². The first-order chi connectivity index (χ1) is 7.22. The van der Waals surface area contributed by atoms with E-state index in [4.69, 9.17) is 10.8 Å². The van der Waals surface area contributed by atoms with Crippen LogP contribution >= 0.6 is 0 Å². The summed E-state index contributed by atoms with van der Waals surface area (Å²) in [5.74, 6) is -0.0679. The van der Waals surface area contributed by atoms with Gasteiger partial charge in [0.15, 0.2) is 0 Å². The SMILES string of the molecule is Nc1n[nH]c(C(=O)N2CCC[C@@H]2CO)n1. The monoisotopic (exact) mass is 211 g/mol. The number of aromatic amines is 1. The Kier molecular flexibility index (Phi) is 2.55. The summed E-state index contributed by atoms with van der Waals surface area (Å²) < 4.78 is 0. The summed E-state index contributed by atoms with van der Waals surface area (Å²) in [6, 6.07) is -0.108. The first-order valence-electron chi connectivity index (χ1n) is 4.82. The maximum absolute atomic E-state index is 11.9. The fourth-order valence-electron chi connectivity index (χ4n) is 1.80. The Morgan fingerprint density at radius 2 is 2.53 bits per heavy atom. The molecule has 0 unspecified atom stereocenters. The fraction of sp³-hybridized carbons (Fsp3) is 0.625. The normalized spacial score (nSPS) is 20.9. The van der Waals surface area contributed by atoms with E-state index >= 15 is 0 Å². The largest absolute Gasteiger partial charge is 0.394 e. The molecule has 1 aliphatic rings. The molecule has 0 radical (unpaired) electrons. The number of aliphatic hydroxyl groups is 1. The van der Waals surface area contributed by atoms with E-state index in [2.05, 4.69) is 15.2 Å². The number of anilines is 1. The van der Waals surface area contributed by atoms with Gasteiger partial charge in [-0.05, 0) is 12.8 Å². The van der Waals surface area contributed by atoms with Gasteiger partial charge >= 0.3 is 0 Å². The number of aromatic nitrogens is 3. The van der Waals surface area contributed by atoms with Crippen LogP contribution in [0.25, 0.3) is 0 Å². The van der Waals surface area contributed by atoms with Crippen LogP contribution in [0.1, 0.15) is 23.5 Å². The second kappa shape index (κ2) is 3.85. The molecule has 2 rings (SSSR count). The summed E-state index contributed by atoms with van der Waals surface area (Å²) in [5, 5.41) is 15.1. The van der Waals surface area contributed by atoms with Crippen LogP contribution in [0.2, 0.25) is 0 Å². The summed E-state index contributed by atoms with van der Waals surface area (Å²) in [6.45, 7) is 0.625. The molecule has 7 nitrogen and oxygen atoms in total. The lowest BCUT2D eigenvalue weighted by molar-refractivity contribution is 0.0666. The van der Waals surface area contributed by atoms with Crippen molar-refractivity contribution in [2.45, 2.75) is 18.9 Å². The van der Waals surface area contributed by atoms with E-state index in [1.54, 1.807) is 4.90 Å². The average Bonchev–Trinajstić information content (AvgIpc) is 2.84. The van der Waals surface area contributed by atoms with E-state index in [1.165, 1.54) is 0 Å². The zero-order valence-electron chi connectivity index (χ0n) is 8.18. The zero-order chi connectivity index (χ0) is 10.8. The summed E-state index contributed by atoms with van der Waals surface area (Å²) in [4.78, 5) is 17.2. The van der Waals surface area contributed by atoms with Crippen molar-refractivity contribution in [3.05, 3.63) is 5.82 Å². The summed E-state index contributed by atoms with van der Waals surface area (Å²) in [6.07, 6.45) is 1.73. The lowest BCUT2D eigenvalue weighted by Gasteiger charge is -2.21. The van der Waals surface area contributed by atoms with E-state index in [9.17, 15) is 4.79 Å². The van der Waals surface area contributed by atoms with Crippen LogP contribution < -0.4 is 5.73 Å². The number of hydrogen-bond donors (Lipinski definition) is 3. The molecule has 1 aliphatic heterocycles. The number of nitrogens with two attached hydrogens (primary N) is 1. The van der Waals surface area contributed by atoms with E-state index < -0.39 is 0 Å². The number of aliphatic hydroxyl groups excluding tert-OH is 1. The molecular formula is C8H13N5O2. The Hall–Kier alpha value is -1.63. The number of H-pyrrole nitrogens is 1. The van der Waals surface area contributed by atoms with Gasteiger partial charge < -0.3 is 15.7 Å². The van der Waals surface area contributed by atoms with Crippen molar-refractivity contribution >= 4 is 11.9 Å². The lowest BCUT2D eigenvalue weighted by atomic mass is 10.2. The van der Waals surface area contributed by atoms with Gasteiger partial charge in [0.2, 0.25) is 11.8 Å². The van der Waals surface area contributed by atoms with Crippen molar-refractivity contribution in [3.63, 3.8) is 0 Å². The molecule has 4 N–H and O–H groups in total. The van der Waals surface area contributed by atoms with Gasteiger partial charge in [-0.1, -0.05) is 0 Å². The van der Waals surface area contributed by atoms with Crippen LogP contribution in [0.5, 0.6) is 0 Å². The number of nitrogen functional groups attached to an aromatic ring is 1. The number of carbonyl (C=O) groups excluding carboxylic acids is 1. The highest BCUT2D eigenvalue weighted by Crippen LogP contribution is 2.18. The molecule has 82 valence electrons. The topological polar surface area (TPSA) is 108 Å². The van der Waals surface area contributed by atoms with Crippen molar-refractivity contribution in [1.82, 2.24) is 20.1 Å². The number of hydrogen-bond acceptors (Lipinski definition) is 5. The lowest BCUT2D eigenvalue weighted by Crippen LogP contribution is -2.38. The van der Waals surface area contributed by atoms with Gasteiger partial charge in [-0.3, -0.25) is 9.89 Å². The smallest absolute Gasteiger partial charge is 0.291 e. The summed E-state index contributed by atoms with van der Waals surface area (Å²) in [7, 11) is 0. The second-order valence-corrected chi connectivity index (χ2v) is 3.52. The molecular weight excluding hydrogens is 198 g/mol. The first-order valence-corrected chi connectivity index (χ1v) is 4.82. The van der Waals surface area contributed by atoms with Crippen LogP contribution in [-0.4, -0.2) is 50.3 Å². The molecule has 0 bridgehead atoms. The Bertz CT molecular complexity index is 364. The molecule has 1 aromatic heterocycles. The number of carbonyl (C=O) groups is 1. The van der Waals surface area contributed by atoms with Gasteiger partial charge in [-0.2, -0.15) is 4.98 Å². The number of likely N-dealkylation sites (tertiary alicyclic amines) is 1. The number of nitrogens with one attached hydrogen (secondary N) is 1. The van der Waals surface area contributed by atoms with Gasteiger partial charge in [-0.15, -0.1) is 5.10 Å². The molecule has 1 saturated heterocycles. The Morgan fingerprint density at radius 1 is 1.73 bits per heavy atom. The van der Waals surface area contributed by atoms with Crippen molar-refractivity contribution in [1.29, 1.82) is 0 Å². The van der Waals surface area contributed by atoms with Crippen LogP contribution in [0, 0.1) is 0 Å². The predicted molar refractivity (Wildman–Crippen MR) is 51.9 cm³/mol. The van der Waals surface area contributed by atoms with E-state index in [0.29, 0.717) is 6.54 Å². The number of nitrogens with zero attached hydrogens (tertiary/aromatic N) is 3. The van der Waals surface area contributed by atoms with E-state index in [1.807, 2.05) is 0 Å². The highest BCUT2D eigenvalue weighted by molar-refractivity contribution is 5.91. The molecule has 0 saturated carbocycles. The molecule has 1 amide bonds.